The van der Waals surface area contributed by atoms with Crippen molar-refractivity contribution in [2.75, 3.05) is 16.0 Å². The number of halogens is 1. The Labute approximate surface area is 171 Å². The number of nitrogens with zero attached hydrogens (tertiary/aromatic N) is 1. The minimum Gasteiger partial charge on any atom is -0.326 e. The summed E-state index contributed by atoms with van der Waals surface area (Å²) in [7, 11) is 0. The molecule has 1 atom stereocenters. The van der Waals surface area contributed by atoms with Gasteiger partial charge in [-0.05, 0) is 42.0 Å². The fraction of sp³-hybridized carbons (Fsp3) is 0.0909. The van der Waals surface area contributed by atoms with Crippen molar-refractivity contribution < 1.29 is 18.8 Å². The molecular formula is C22H17FN4O3. The van der Waals surface area contributed by atoms with Crippen molar-refractivity contribution in [2.45, 2.75) is 12.3 Å². The van der Waals surface area contributed by atoms with Gasteiger partial charge in [-0.15, -0.1) is 0 Å². The van der Waals surface area contributed by atoms with E-state index in [1.165, 1.54) is 24.4 Å². The summed E-state index contributed by atoms with van der Waals surface area (Å²) in [6, 6.07) is 15.5. The molecule has 0 aliphatic carbocycles. The molecule has 2 aromatic carbocycles. The number of carbonyl (C=O) groups excluding carboxylic acids is 3. The summed E-state index contributed by atoms with van der Waals surface area (Å²) in [5, 5.41) is 8.00. The topological polar surface area (TPSA) is 100 Å². The van der Waals surface area contributed by atoms with Crippen LogP contribution in [0.2, 0.25) is 0 Å². The third-order valence-corrected chi connectivity index (χ3v) is 4.70. The first-order valence-corrected chi connectivity index (χ1v) is 9.23. The Balaban J connectivity index is 1.59. The van der Waals surface area contributed by atoms with Crippen LogP contribution in [0, 0.1) is 5.82 Å². The molecule has 1 aromatic heterocycles. The van der Waals surface area contributed by atoms with Crippen LogP contribution < -0.4 is 16.0 Å². The van der Waals surface area contributed by atoms with Crippen LogP contribution >= 0.6 is 0 Å². The first-order chi connectivity index (χ1) is 14.5. The lowest BCUT2D eigenvalue weighted by molar-refractivity contribution is -0.123. The number of hydrogen-bond acceptors (Lipinski definition) is 4. The third kappa shape index (κ3) is 4.02. The molecule has 0 radical (unpaired) electrons. The van der Waals surface area contributed by atoms with Gasteiger partial charge in [0.05, 0.1) is 17.3 Å². The van der Waals surface area contributed by atoms with Gasteiger partial charge in [0.25, 0.3) is 5.91 Å². The Kier molecular flexibility index (Phi) is 5.21. The van der Waals surface area contributed by atoms with Crippen molar-refractivity contribution in [3.8, 4) is 0 Å². The van der Waals surface area contributed by atoms with Gasteiger partial charge in [-0.2, -0.15) is 0 Å². The van der Waals surface area contributed by atoms with E-state index in [9.17, 15) is 18.8 Å². The molecule has 0 bridgehead atoms. The zero-order valence-electron chi connectivity index (χ0n) is 15.7. The number of aromatic nitrogens is 1. The highest BCUT2D eigenvalue weighted by Gasteiger charge is 2.31. The molecule has 3 N–H and O–H groups in total. The second-order valence-corrected chi connectivity index (χ2v) is 6.74. The molecule has 0 fully saturated rings. The van der Waals surface area contributed by atoms with Gasteiger partial charge in [-0.1, -0.05) is 24.3 Å². The Morgan fingerprint density at radius 3 is 2.60 bits per heavy atom. The van der Waals surface area contributed by atoms with E-state index in [0.717, 1.165) is 6.07 Å². The number of rotatable bonds is 4. The quantitative estimate of drug-likeness (QED) is 0.619. The van der Waals surface area contributed by atoms with Gasteiger partial charge < -0.3 is 16.0 Å². The predicted molar refractivity (Wildman–Crippen MR) is 110 cm³/mol. The average Bonchev–Trinajstić information content (AvgIpc) is 2.75. The summed E-state index contributed by atoms with van der Waals surface area (Å²) < 4.78 is 13.9. The van der Waals surface area contributed by atoms with Crippen molar-refractivity contribution >= 4 is 34.8 Å². The standard InChI is InChI=1S/C22H17FN4O3/c23-13-8-9-17(26-22(30)18-7-3-4-10-24-18)19(11-13)27-21(29)15-12-20(28)25-16-6-2-1-5-14(15)16/h1-11,15H,12H2,(H,25,28)(H,26,30)(H,27,29). The lowest BCUT2D eigenvalue weighted by Crippen LogP contribution is -2.31. The summed E-state index contributed by atoms with van der Waals surface area (Å²) >= 11 is 0. The van der Waals surface area contributed by atoms with Crippen LogP contribution in [0.15, 0.2) is 66.9 Å². The fourth-order valence-electron chi connectivity index (χ4n) is 3.28. The average molecular weight is 404 g/mol. The molecule has 0 saturated heterocycles. The molecule has 3 amide bonds. The van der Waals surface area contributed by atoms with Crippen LogP contribution in [0.25, 0.3) is 0 Å². The second-order valence-electron chi connectivity index (χ2n) is 6.74. The van der Waals surface area contributed by atoms with E-state index in [-0.39, 0.29) is 29.4 Å². The van der Waals surface area contributed by atoms with E-state index in [4.69, 9.17) is 0 Å². The van der Waals surface area contributed by atoms with E-state index in [1.54, 1.807) is 36.4 Å². The van der Waals surface area contributed by atoms with Crippen LogP contribution in [0.5, 0.6) is 0 Å². The summed E-state index contributed by atoms with van der Waals surface area (Å²) in [6.07, 6.45) is 1.45. The van der Waals surface area contributed by atoms with E-state index < -0.39 is 23.5 Å². The van der Waals surface area contributed by atoms with Gasteiger partial charge in [0.2, 0.25) is 11.8 Å². The number of pyridine rings is 1. The molecule has 1 aliphatic heterocycles. The molecule has 3 aromatic rings. The second kappa shape index (κ2) is 8.12. The number of hydrogen-bond donors (Lipinski definition) is 3. The van der Waals surface area contributed by atoms with Gasteiger partial charge in [-0.25, -0.2) is 4.39 Å². The number of carbonyl (C=O) groups is 3. The van der Waals surface area contributed by atoms with Gasteiger partial charge >= 0.3 is 0 Å². The summed E-state index contributed by atoms with van der Waals surface area (Å²) in [5.41, 5.74) is 1.72. The van der Waals surface area contributed by atoms with Gasteiger partial charge in [-0.3, -0.25) is 19.4 Å². The lowest BCUT2D eigenvalue weighted by atomic mass is 9.89. The van der Waals surface area contributed by atoms with Crippen molar-refractivity contribution in [1.29, 1.82) is 0 Å². The number of amides is 3. The number of anilines is 3. The van der Waals surface area contributed by atoms with Crippen LogP contribution in [0.4, 0.5) is 21.5 Å². The maximum absolute atomic E-state index is 13.9. The highest BCUT2D eigenvalue weighted by Crippen LogP contribution is 2.34. The third-order valence-electron chi connectivity index (χ3n) is 4.70. The molecule has 1 aliphatic rings. The Bertz CT molecular complexity index is 1130. The molecule has 2 heterocycles. The molecule has 0 spiro atoms. The van der Waals surface area contributed by atoms with Crippen molar-refractivity contribution in [3.05, 3.63) is 83.9 Å². The van der Waals surface area contributed by atoms with Crippen LogP contribution in [-0.4, -0.2) is 22.7 Å². The highest BCUT2D eigenvalue weighted by molar-refractivity contribution is 6.09. The summed E-state index contributed by atoms with van der Waals surface area (Å²) in [5.74, 6) is -2.58. The summed E-state index contributed by atoms with van der Waals surface area (Å²) in [6.45, 7) is 0. The van der Waals surface area contributed by atoms with Gasteiger partial charge in [0.1, 0.15) is 11.5 Å². The van der Waals surface area contributed by atoms with Crippen LogP contribution in [0.3, 0.4) is 0 Å². The molecule has 7 nitrogen and oxygen atoms in total. The lowest BCUT2D eigenvalue weighted by Gasteiger charge is -2.25. The molecule has 0 saturated carbocycles. The van der Waals surface area contributed by atoms with Crippen molar-refractivity contribution in [1.82, 2.24) is 4.98 Å². The van der Waals surface area contributed by atoms with E-state index in [1.807, 2.05) is 0 Å². The smallest absolute Gasteiger partial charge is 0.274 e. The van der Waals surface area contributed by atoms with E-state index in [2.05, 4.69) is 20.9 Å². The first kappa shape index (κ1) is 19.3. The van der Waals surface area contributed by atoms with Gasteiger partial charge in [0, 0.05) is 18.3 Å². The SMILES string of the molecule is O=C1CC(C(=O)Nc2cc(F)ccc2NC(=O)c2ccccn2)c2ccccc2N1. The van der Waals surface area contributed by atoms with Gasteiger partial charge in [0.15, 0.2) is 0 Å². The number of benzene rings is 2. The monoisotopic (exact) mass is 404 g/mol. The normalized spacial score (nSPS) is 15.0. The highest BCUT2D eigenvalue weighted by atomic mass is 19.1. The van der Waals surface area contributed by atoms with E-state index >= 15 is 0 Å². The Morgan fingerprint density at radius 1 is 1.00 bits per heavy atom. The molecule has 150 valence electrons. The predicted octanol–water partition coefficient (Wildman–Crippen LogP) is 3.54. The first-order valence-electron chi connectivity index (χ1n) is 9.23. The van der Waals surface area contributed by atoms with Crippen LogP contribution in [0.1, 0.15) is 28.4 Å². The Morgan fingerprint density at radius 2 is 1.80 bits per heavy atom. The zero-order chi connectivity index (χ0) is 21.1. The minimum absolute atomic E-state index is 0.0339. The maximum Gasteiger partial charge on any atom is 0.274 e. The minimum atomic E-state index is -0.738. The number of fused-ring (bicyclic) bond motifs is 1. The molecular weight excluding hydrogens is 387 g/mol. The van der Waals surface area contributed by atoms with Crippen LogP contribution in [-0.2, 0) is 9.59 Å². The fourth-order valence-corrected chi connectivity index (χ4v) is 3.28. The molecule has 4 rings (SSSR count). The molecule has 8 heteroatoms. The number of para-hydroxylation sites is 1. The largest absolute Gasteiger partial charge is 0.326 e. The molecule has 30 heavy (non-hydrogen) atoms. The zero-order valence-corrected chi connectivity index (χ0v) is 15.7. The Hall–Kier alpha value is -4.07. The van der Waals surface area contributed by atoms with Crippen molar-refractivity contribution in [2.24, 2.45) is 0 Å². The van der Waals surface area contributed by atoms with E-state index in [0.29, 0.717) is 11.3 Å². The maximum atomic E-state index is 13.9. The summed E-state index contributed by atoms with van der Waals surface area (Å²) in [4.78, 5) is 41.3. The number of nitrogens with one attached hydrogen (secondary N) is 3. The molecule has 1 unspecified atom stereocenters. The van der Waals surface area contributed by atoms with Crippen molar-refractivity contribution in [3.63, 3.8) is 0 Å².